The van der Waals surface area contributed by atoms with Gasteiger partial charge in [0.15, 0.2) is 17.7 Å². The number of carbonyl (C=O) groups is 1. The average Bonchev–Trinajstić information content (AvgIpc) is 3.31. The molecule has 24 heteroatoms. The van der Waals surface area contributed by atoms with E-state index in [9.17, 15) is 33.6 Å². The van der Waals surface area contributed by atoms with Crippen molar-refractivity contribution in [3.8, 4) is 0 Å². The number of hydrogen-bond acceptors (Lipinski definition) is 16. The number of ether oxygens (including phenoxy) is 1. The zero-order valence-corrected chi connectivity index (χ0v) is 20.8. The quantitative estimate of drug-likeness (QED) is 0.121. The van der Waals surface area contributed by atoms with Gasteiger partial charge < -0.3 is 46.2 Å². The molecule has 0 saturated carbocycles. The summed E-state index contributed by atoms with van der Waals surface area (Å²) in [6, 6.07) is -1.84. The molecule has 3 unspecified atom stereocenters. The summed E-state index contributed by atoms with van der Waals surface area (Å²) in [5.41, 5.74) is 11.2. The van der Waals surface area contributed by atoms with E-state index in [0.29, 0.717) is 0 Å². The van der Waals surface area contributed by atoms with Gasteiger partial charge in [-0.05, 0) is 0 Å². The normalized spacial score (nSPS) is 26.5. The van der Waals surface area contributed by atoms with Gasteiger partial charge in [0, 0.05) is 0 Å². The van der Waals surface area contributed by atoms with Crippen LogP contribution in [0.4, 0.5) is 5.82 Å². The van der Waals surface area contributed by atoms with Crippen LogP contribution in [-0.2, 0) is 40.9 Å². The molecule has 3 rings (SSSR count). The van der Waals surface area contributed by atoms with Gasteiger partial charge in [-0.25, -0.2) is 28.6 Å². The van der Waals surface area contributed by atoms with Crippen LogP contribution in [-0.4, -0.2) is 93.1 Å². The first-order chi connectivity index (χ1) is 17.0. The molecule has 1 aliphatic heterocycles. The third-order valence-electron chi connectivity index (χ3n) is 4.54. The number of aromatic nitrogens is 4. The molecule has 1 fully saturated rings. The fraction of sp³-hybridized carbons (Fsp3) is 0.538. The third kappa shape index (κ3) is 7.34. The Balaban J connectivity index is 1.78. The highest BCUT2D eigenvalue weighted by molar-refractivity contribution is 7.66. The van der Waals surface area contributed by atoms with Crippen LogP contribution in [0.3, 0.4) is 0 Å². The number of aliphatic hydroxyl groups excluding tert-OH is 2. The van der Waals surface area contributed by atoms with Crippen molar-refractivity contribution in [2.75, 3.05) is 18.9 Å². The molecule has 3 heterocycles. The maximum atomic E-state index is 12.9. The van der Waals surface area contributed by atoms with E-state index in [1.54, 1.807) is 0 Å². The number of phosphoric ester groups is 1. The molecule has 1 saturated heterocycles. The minimum Gasteiger partial charge on any atom is -0.480 e. The molecule has 208 valence electrons. The number of hydrogen-bond donors (Lipinski definition) is 8. The van der Waals surface area contributed by atoms with Crippen molar-refractivity contribution in [3.05, 3.63) is 12.7 Å². The Kier molecular flexibility index (Phi) is 8.85. The summed E-state index contributed by atoms with van der Waals surface area (Å²) in [5, 5.41) is 29.7. The Morgan fingerprint density at radius 2 is 1.78 bits per heavy atom. The number of carboxylic acid groups (broad SMARTS) is 1. The Labute approximate surface area is 205 Å². The van der Waals surface area contributed by atoms with Crippen LogP contribution in [0.5, 0.6) is 0 Å². The summed E-state index contributed by atoms with van der Waals surface area (Å²) in [4.78, 5) is 49.6. The Bertz CT molecular complexity index is 1290. The maximum Gasteiger partial charge on any atom is 0.490 e. The number of nitrogen functional groups attached to an aromatic ring is 1. The summed E-state index contributed by atoms with van der Waals surface area (Å²) < 4.78 is 59.4. The van der Waals surface area contributed by atoms with Crippen LogP contribution in [0.1, 0.15) is 6.23 Å². The van der Waals surface area contributed by atoms with Gasteiger partial charge in [0.05, 0.1) is 19.5 Å². The lowest BCUT2D eigenvalue weighted by molar-refractivity contribution is -0.139. The van der Waals surface area contributed by atoms with E-state index in [4.69, 9.17) is 35.6 Å². The second-order valence-electron chi connectivity index (χ2n) is 7.24. The molecular formula is C13H21N6O15P3. The van der Waals surface area contributed by atoms with Crippen molar-refractivity contribution in [2.24, 2.45) is 5.73 Å². The van der Waals surface area contributed by atoms with E-state index in [1.165, 1.54) is 10.9 Å². The maximum absolute atomic E-state index is 12.9. The molecule has 0 aliphatic carbocycles. The first-order valence-electron chi connectivity index (χ1n) is 9.65. The Morgan fingerprint density at radius 3 is 2.41 bits per heavy atom. The summed E-state index contributed by atoms with van der Waals surface area (Å²) in [7, 11) is -16.9. The summed E-state index contributed by atoms with van der Waals surface area (Å²) >= 11 is 0. The Hall–Kier alpha value is -1.93. The van der Waals surface area contributed by atoms with Crippen molar-refractivity contribution in [1.82, 2.24) is 19.5 Å². The van der Waals surface area contributed by atoms with Crippen LogP contribution in [0.2, 0.25) is 0 Å². The molecule has 37 heavy (non-hydrogen) atoms. The SMILES string of the molecule is Nc1ncnc2c1ncn2[C@@H]1O[C@H](COP(=O)(OCC(N)C(=O)O)OP(=O)(O)OP(=O)(O)O)[C@@H](O)[C@H]1O. The first kappa shape index (κ1) is 29.6. The second-order valence-corrected chi connectivity index (χ2v) is 11.9. The minimum absolute atomic E-state index is 0.0115. The molecule has 7 atom stereocenters. The lowest BCUT2D eigenvalue weighted by Gasteiger charge is -2.23. The van der Waals surface area contributed by atoms with E-state index in [1.807, 2.05) is 0 Å². The number of rotatable bonds is 12. The highest BCUT2D eigenvalue weighted by Gasteiger charge is 2.48. The van der Waals surface area contributed by atoms with Gasteiger partial charge in [-0.1, -0.05) is 0 Å². The lowest BCUT2D eigenvalue weighted by Crippen LogP contribution is -2.35. The van der Waals surface area contributed by atoms with Crippen molar-refractivity contribution < 1.29 is 70.9 Å². The first-order valence-corrected chi connectivity index (χ1v) is 14.1. The number of nitrogens with two attached hydrogens (primary N) is 2. The summed E-state index contributed by atoms with van der Waals surface area (Å²) in [6.07, 6.45) is -4.02. The molecule has 0 aromatic carbocycles. The van der Waals surface area contributed by atoms with Gasteiger partial charge in [0.1, 0.15) is 36.2 Å². The molecule has 0 radical (unpaired) electrons. The third-order valence-corrected chi connectivity index (χ3v) is 8.77. The molecule has 0 bridgehead atoms. The molecule has 0 amide bonds. The van der Waals surface area contributed by atoms with Crippen LogP contribution in [0, 0.1) is 0 Å². The van der Waals surface area contributed by atoms with E-state index in [2.05, 4.69) is 28.1 Å². The summed E-state index contributed by atoms with van der Waals surface area (Å²) in [6.45, 7) is -2.14. The van der Waals surface area contributed by atoms with Crippen molar-refractivity contribution in [1.29, 1.82) is 0 Å². The molecular weight excluding hydrogens is 573 g/mol. The predicted molar refractivity (Wildman–Crippen MR) is 115 cm³/mol. The van der Waals surface area contributed by atoms with Crippen LogP contribution >= 0.6 is 23.5 Å². The average molecular weight is 594 g/mol. The number of fused-ring (bicyclic) bond motifs is 1. The molecule has 10 N–H and O–H groups in total. The van der Waals surface area contributed by atoms with Gasteiger partial charge in [-0.3, -0.25) is 18.4 Å². The van der Waals surface area contributed by atoms with E-state index < -0.39 is 73.2 Å². The largest absolute Gasteiger partial charge is 0.490 e. The van der Waals surface area contributed by atoms with Crippen molar-refractivity contribution >= 4 is 46.4 Å². The van der Waals surface area contributed by atoms with E-state index in [0.717, 1.165) is 6.33 Å². The number of anilines is 1. The van der Waals surface area contributed by atoms with Gasteiger partial charge >= 0.3 is 29.4 Å². The monoisotopic (exact) mass is 594 g/mol. The van der Waals surface area contributed by atoms with Crippen LogP contribution in [0.15, 0.2) is 12.7 Å². The lowest BCUT2D eigenvalue weighted by atomic mass is 10.1. The fourth-order valence-corrected chi connectivity index (χ4v) is 6.52. The molecule has 1 aliphatic rings. The number of phosphoric acid groups is 3. The van der Waals surface area contributed by atoms with Gasteiger partial charge in [-0.2, -0.15) is 8.62 Å². The standard InChI is InChI=1S/C13H21N6O15P3/c14-5(13(22)23)1-30-37(29,34-36(27,28)33-35(24,25)26)31-2-6-8(20)9(21)12(32-6)19-4-18-7-10(15)16-3-17-11(7)19/h3-6,8-9,12,20-21H,1-2,14H2,(H,22,23)(H,27,28)(H2,15,16,17)(H2,24,25,26)/t5?,6-,8-,9-,12-,37?/m1/s1. The van der Waals surface area contributed by atoms with E-state index in [-0.39, 0.29) is 17.0 Å². The molecule has 2 aromatic heterocycles. The molecule has 2 aromatic rings. The number of aliphatic hydroxyl groups is 2. The number of imidazole rings is 1. The predicted octanol–water partition coefficient (Wildman–Crippen LogP) is -2.19. The molecule has 21 nitrogen and oxygen atoms in total. The van der Waals surface area contributed by atoms with Gasteiger partial charge in [0.25, 0.3) is 0 Å². The van der Waals surface area contributed by atoms with Crippen molar-refractivity contribution in [3.63, 3.8) is 0 Å². The highest BCUT2D eigenvalue weighted by atomic mass is 31.3. The smallest absolute Gasteiger partial charge is 0.480 e. The van der Waals surface area contributed by atoms with Gasteiger partial charge in [-0.15, -0.1) is 0 Å². The van der Waals surface area contributed by atoms with Crippen LogP contribution < -0.4 is 11.5 Å². The zero-order chi connectivity index (χ0) is 27.8. The van der Waals surface area contributed by atoms with Crippen molar-refractivity contribution in [2.45, 2.75) is 30.6 Å². The number of nitrogens with zero attached hydrogens (tertiary/aromatic N) is 4. The minimum atomic E-state index is -5.85. The van der Waals surface area contributed by atoms with Gasteiger partial charge in [0.2, 0.25) is 0 Å². The zero-order valence-electron chi connectivity index (χ0n) is 18.1. The molecule has 0 spiro atoms. The fourth-order valence-electron chi connectivity index (χ4n) is 2.92. The second kappa shape index (κ2) is 11.0. The highest BCUT2D eigenvalue weighted by Crippen LogP contribution is 2.68. The summed E-state index contributed by atoms with van der Waals surface area (Å²) in [5.74, 6) is -1.64. The van der Waals surface area contributed by atoms with E-state index >= 15 is 0 Å². The number of aliphatic carboxylic acids is 1. The Morgan fingerprint density at radius 1 is 1.11 bits per heavy atom. The van der Waals surface area contributed by atoms with Crippen LogP contribution in [0.25, 0.3) is 11.2 Å². The number of carboxylic acids is 1. The topological polar surface area (TPSA) is 331 Å².